The van der Waals surface area contributed by atoms with Crippen molar-refractivity contribution in [3.05, 3.63) is 77.6 Å². The van der Waals surface area contributed by atoms with Crippen molar-refractivity contribution in [2.24, 2.45) is 11.8 Å². The molecular formula is C29H33NO. The minimum Gasteiger partial charge on any atom is -0.299 e. The molecule has 0 spiro atoms. The molecule has 0 radical (unpaired) electrons. The third-order valence-electron chi connectivity index (χ3n) is 7.50. The lowest BCUT2D eigenvalue weighted by atomic mass is 9.85. The average molecular weight is 412 g/mol. The van der Waals surface area contributed by atoms with Crippen molar-refractivity contribution >= 4 is 16.6 Å². The normalized spacial score (nSPS) is 21.3. The number of Topliss-reactive ketones (excluding diaryl/α,β-unsaturated/α-hetero) is 1. The molecule has 0 aliphatic heterocycles. The molecule has 2 aliphatic rings. The number of fused-ring (bicyclic) bond motifs is 1. The fourth-order valence-corrected chi connectivity index (χ4v) is 5.50. The molecule has 2 saturated carbocycles. The van der Waals surface area contributed by atoms with E-state index in [0.717, 1.165) is 28.7 Å². The quantitative estimate of drug-likeness (QED) is 0.397. The Morgan fingerprint density at radius 1 is 0.903 bits per heavy atom. The van der Waals surface area contributed by atoms with Gasteiger partial charge in [0.15, 0.2) is 0 Å². The molecule has 2 heteroatoms. The lowest BCUT2D eigenvalue weighted by molar-refractivity contribution is -0.119. The van der Waals surface area contributed by atoms with Gasteiger partial charge in [-0.1, -0.05) is 81.0 Å². The van der Waals surface area contributed by atoms with Crippen LogP contribution < -0.4 is 0 Å². The molecule has 0 N–H and O–H groups in total. The number of hydrogen-bond donors (Lipinski definition) is 0. The maximum atomic E-state index is 12.8. The molecule has 2 fully saturated rings. The van der Waals surface area contributed by atoms with Gasteiger partial charge in [0.25, 0.3) is 0 Å². The minimum absolute atomic E-state index is 0.199. The highest BCUT2D eigenvalue weighted by Crippen LogP contribution is 2.48. The van der Waals surface area contributed by atoms with Gasteiger partial charge in [0.2, 0.25) is 0 Å². The highest BCUT2D eigenvalue weighted by molar-refractivity contribution is 5.89. The van der Waals surface area contributed by atoms with Gasteiger partial charge in [0.1, 0.15) is 5.78 Å². The van der Waals surface area contributed by atoms with Crippen molar-refractivity contribution in [3.63, 3.8) is 0 Å². The maximum Gasteiger partial charge on any atom is 0.140 e. The van der Waals surface area contributed by atoms with Gasteiger partial charge in [-0.3, -0.25) is 9.78 Å². The summed E-state index contributed by atoms with van der Waals surface area (Å²) in [4.78, 5) is 17.0. The van der Waals surface area contributed by atoms with Gasteiger partial charge >= 0.3 is 0 Å². The zero-order chi connectivity index (χ0) is 21.0. The first kappa shape index (κ1) is 20.4. The van der Waals surface area contributed by atoms with Gasteiger partial charge in [-0.15, -0.1) is 0 Å². The fraction of sp³-hybridized carbons (Fsp3) is 0.448. The van der Waals surface area contributed by atoms with E-state index in [9.17, 15) is 4.79 Å². The van der Waals surface area contributed by atoms with Crippen LogP contribution in [0.15, 0.2) is 60.9 Å². The lowest BCUT2D eigenvalue weighted by Crippen LogP contribution is -2.06. The summed E-state index contributed by atoms with van der Waals surface area (Å²) < 4.78 is 0. The summed E-state index contributed by atoms with van der Waals surface area (Å²) in [6.07, 6.45) is 16.4. The SMILES string of the molecule is O=C(Cc1ccc2cnccc2c1)[C@@H]1C[C@H]1c1ccc(CCCC2CCCCC2)cc1. The summed E-state index contributed by atoms with van der Waals surface area (Å²) in [5.74, 6) is 1.99. The second kappa shape index (κ2) is 9.34. The number of benzene rings is 2. The molecule has 3 aromatic rings. The topological polar surface area (TPSA) is 30.0 Å². The van der Waals surface area contributed by atoms with Gasteiger partial charge in [0.05, 0.1) is 0 Å². The summed E-state index contributed by atoms with van der Waals surface area (Å²) in [6.45, 7) is 0. The molecule has 1 aromatic heterocycles. The predicted octanol–water partition coefficient (Wildman–Crippen LogP) is 7.05. The standard InChI is InChI=1S/C29H33NO/c31-29(18-23-11-14-26-20-30-16-15-25(26)17-23)28-19-27(28)24-12-9-22(10-13-24)8-4-7-21-5-2-1-3-6-21/h9-17,20-21,27-28H,1-8,18-19H2/t27-,28+/m0/s1. The van der Waals surface area contributed by atoms with E-state index in [2.05, 4.69) is 47.4 Å². The van der Waals surface area contributed by atoms with Crippen molar-refractivity contribution in [1.29, 1.82) is 0 Å². The summed E-state index contributed by atoms with van der Waals surface area (Å²) in [5, 5.41) is 2.29. The highest BCUT2D eigenvalue weighted by Gasteiger charge is 2.43. The number of aromatic nitrogens is 1. The molecule has 2 atom stereocenters. The van der Waals surface area contributed by atoms with E-state index in [4.69, 9.17) is 0 Å². The number of nitrogens with zero attached hydrogens (tertiary/aromatic N) is 1. The third kappa shape index (κ3) is 5.06. The maximum absolute atomic E-state index is 12.8. The largest absolute Gasteiger partial charge is 0.299 e. The van der Waals surface area contributed by atoms with E-state index in [-0.39, 0.29) is 5.92 Å². The van der Waals surface area contributed by atoms with Crippen molar-refractivity contribution in [2.45, 2.75) is 70.1 Å². The Labute approximate surface area is 186 Å². The Balaban J connectivity index is 1.11. The summed E-state index contributed by atoms with van der Waals surface area (Å²) in [5.41, 5.74) is 3.91. The van der Waals surface area contributed by atoms with E-state index >= 15 is 0 Å². The predicted molar refractivity (Wildman–Crippen MR) is 127 cm³/mol. The molecule has 0 bridgehead atoms. The first-order valence-corrected chi connectivity index (χ1v) is 12.2. The molecule has 0 amide bonds. The summed E-state index contributed by atoms with van der Waals surface area (Å²) in [6, 6.07) is 17.4. The first-order chi connectivity index (χ1) is 15.3. The molecule has 160 valence electrons. The zero-order valence-electron chi connectivity index (χ0n) is 18.4. The van der Waals surface area contributed by atoms with Crippen LogP contribution in [0.4, 0.5) is 0 Å². The Bertz CT molecular complexity index is 1030. The number of rotatable bonds is 8. The van der Waals surface area contributed by atoms with Crippen LogP contribution in [0.1, 0.15) is 74.0 Å². The first-order valence-electron chi connectivity index (χ1n) is 12.2. The van der Waals surface area contributed by atoms with E-state index in [1.165, 1.54) is 62.5 Å². The Kier molecular flexibility index (Phi) is 6.15. The monoisotopic (exact) mass is 411 g/mol. The summed E-state index contributed by atoms with van der Waals surface area (Å²) in [7, 11) is 0. The number of ketones is 1. The zero-order valence-corrected chi connectivity index (χ0v) is 18.4. The molecule has 2 aliphatic carbocycles. The highest BCUT2D eigenvalue weighted by atomic mass is 16.1. The molecule has 0 saturated heterocycles. The molecule has 2 aromatic carbocycles. The van der Waals surface area contributed by atoms with Crippen molar-refractivity contribution in [1.82, 2.24) is 4.98 Å². The van der Waals surface area contributed by atoms with Crippen LogP contribution in [0.3, 0.4) is 0 Å². The van der Waals surface area contributed by atoms with E-state index in [1.54, 1.807) is 0 Å². The van der Waals surface area contributed by atoms with Crippen LogP contribution in [-0.4, -0.2) is 10.8 Å². The minimum atomic E-state index is 0.199. The van der Waals surface area contributed by atoms with E-state index < -0.39 is 0 Å². The number of aryl methyl sites for hydroxylation is 1. The van der Waals surface area contributed by atoms with Gasteiger partial charge in [-0.2, -0.15) is 0 Å². The number of carbonyl (C=O) groups excluding carboxylic acids is 1. The number of hydrogen-bond acceptors (Lipinski definition) is 2. The van der Waals surface area contributed by atoms with Crippen molar-refractivity contribution in [3.8, 4) is 0 Å². The average Bonchev–Trinajstić information content (AvgIpc) is 3.61. The summed E-state index contributed by atoms with van der Waals surface area (Å²) >= 11 is 0. The fourth-order valence-electron chi connectivity index (χ4n) is 5.50. The van der Waals surface area contributed by atoms with Gasteiger partial charge in [-0.05, 0) is 59.2 Å². The molecule has 1 heterocycles. The Morgan fingerprint density at radius 2 is 1.71 bits per heavy atom. The second-order valence-corrected chi connectivity index (χ2v) is 9.79. The molecule has 0 unspecified atom stereocenters. The van der Waals surface area contributed by atoms with Crippen LogP contribution in [0, 0.1) is 11.8 Å². The van der Waals surface area contributed by atoms with Crippen LogP contribution in [0.25, 0.3) is 10.8 Å². The molecular weight excluding hydrogens is 378 g/mol. The van der Waals surface area contributed by atoms with Crippen LogP contribution in [-0.2, 0) is 17.6 Å². The number of carbonyl (C=O) groups is 1. The molecule has 2 nitrogen and oxygen atoms in total. The van der Waals surface area contributed by atoms with Crippen LogP contribution in [0.2, 0.25) is 0 Å². The van der Waals surface area contributed by atoms with Gasteiger partial charge < -0.3 is 0 Å². The van der Waals surface area contributed by atoms with Gasteiger partial charge in [-0.25, -0.2) is 0 Å². The third-order valence-corrected chi connectivity index (χ3v) is 7.50. The van der Waals surface area contributed by atoms with E-state index in [0.29, 0.717) is 18.1 Å². The van der Waals surface area contributed by atoms with Crippen LogP contribution >= 0.6 is 0 Å². The molecule has 5 rings (SSSR count). The van der Waals surface area contributed by atoms with Crippen LogP contribution in [0.5, 0.6) is 0 Å². The Hall–Kier alpha value is -2.48. The second-order valence-electron chi connectivity index (χ2n) is 9.79. The Morgan fingerprint density at radius 3 is 2.55 bits per heavy atom. The van der Waals surface area contributed by atoms with Gasteiger partial charge in [0, 0.05) is 30.1 Å². The van der Waals surface area contributed by atoms with E-state index in [1.807, 2.05) is 18.5 Å². The van der Waals surface area contributed by atoms with Crippen molar-refractivity contribution < 1.29 is 4.79 Å². The lowest BCUT2D eigenvalue weighted by Gasteiger charge is -2.21. The number of pyridine rings is 1. The smallest absolute Gasteiger partial charge is 0.140 e. The molecule has 31 heavy (non-hydrogen) atoms. The van der Waals surface area contributed by atoms with Crippen molar-refractivity contribution in [2.75, 3.05) is 0 Å².